The Kier molecular flexibility index (Phi) is 2.65. The van der Waals surface area contributed by atoms with Crippen LogP contribution in [0.4, 0.5) is 0 Å². The summed E-state index contributed by atoms with van der Waals surface area (Å²) >= 11 is 6.26. The second-order valence-electron chi connectivity index (χ2n) is 4.01. The molecule has 3 heteroatoms. The number of aldehydes is 1. The highest BCUT2D eigenvalue weighted by atomic mass is 35.5. The lowest BCUT2D eigenvalue weighted by atomic mass is 10.2. The number of halogens is 1. The van der Waals surface area contributed by atoms with Gasteiger partial charge in [-0.3, -0.25) is 4.79 Å². The van der Waals surface area contributed by atoms with Gasteiger partial charge in [-0.2, -0.15) is 0 Å². The van der Waals surface area contributed by atoms with Crippen LogP contribution in [-0.4, -0.2) is 10.9 Å². The normalized spacial score (nSPS) is 10.7. The lowest BCUT2D eigenvalue weighted by Crippen LogP contribution is -1.98. The zero-order valence-electron chi connectivity index (χ0n) is 9.51. The van der Waals surface area contributed by atoms with E-state index in [4.69, 9.17) is 11.6 Å². The molecule has 0 aliphatic heterocycles. The Balaban J connectivity index is 2.44. The minimum atomic E-state index is 0.490. The van der Waals surface area contributed by atoms with Gasteiger partial charge in [0.1, 0.15) is 5.69 Å². The molecule has 0 N–H and O–H groups in total. The van der Waals surface area contributed by atoms with Crippen molar-refractivity contribution in [2.75, 3.05) is 0 Å². The second-order valence-corrected chi connectivity index (χ2v) is 4.38. The zero-order valence-corrected chi connectivity index (χ0v) is 10.3. The topological polar surface area (TPSA) is 22.0 Å². The minimum absolute atomic E-state index is 0.490. The van der Waals surface area contributed by atoms with Crippen LogP contribution in [-0.2, 0) is 0 Å². The summed E-state index contributed by atoms with van der Waals surface area (Å²) in [6, 6.07) is 17.5. The summed E-state index contributed by atoms with van der Waals surface area (Å²) < 4.78 is 1.88. The van der Waals surface area contributed by atoms with Gasteiger partial charge in [-0.15, -0.1) is 0 Å². The van der Waals surface area contributed by atoms with Gasteiger partial charge in [0.05, 0.1) is 10.5 Å². The van der Waals surface area contributed by atoms with E-state index in [1.165, 1.54) is 0 Å². The lowest BCUT2D eigenvalue weighted by Gasteiger charge is -2.06. The molecule has 3 aromatic rings. The van der Waals surface area contributed by atoms with Gasteiger partial charge in [-0.25, -0.2) is 0 Å². The van der Waals surface area contributed by atoms with Crippen molar-refractivity contribution < 1.29 is 4.79 Å². The number of benzene rings is 2. The number of carbonyl (C=O) groups excluding carboxylic acids is 1. The number of aromatic nitrogens is 1. The van der Waals surface area contributed by atoms with Gasteiger partial charge in [-0.1, -0.05) is 48.0 Å². The number of para-hydroxylation sites is 2. The van der Waals surface area contributed by atoms with Crippen molar-refractivity contribution in [1.82, 2.24) is 4.57 Å². The van der Waals surface area contributed by atoms with E-state index in [-0.39, 0.29) is 0 Å². The van der Waals surface area contributed by atoms with Crippen LogP contribution in [0.5, 0.6) is 0 Å². The molecule has 3 rings (SSSR count). The standard InChI is InChI=1S/C15H10ClNO/c16-15-12-8-4-5-9-13(12)17(14(15)10-18)11-6-2-1-3-7-11/h1-10H. The molecule has 0 amide bonds. The minimum Gasteiger partial charge on any atom is -0.305 e. The third-order valence-corrected chi connectivity index (χ3v) is 3.37. The lowest BCUT2D eigenvalue weighted by molar-refractivity contribution is 0.111. The van der Waals surface area contributed by atoms with Crippen molar-refractivity contribution in [2.24, 2.45) is 0 Å². The second kappa shape index (κ2) is 4.31. The van der Waals surface area contributed by atoms with Crippen LogP contribution in [0.3, 0.4) is 0 Å². The number of hydrogen-bond donors (Lipinski definition) is 0. The van der Waals surface area contributed by atoms with Crippen LogP contribution in [0.15, 0.2) is 54.6 Å². The fraction of sp³-hybridized carbons (Fsp3) is 0. The quantitative estimate of drug-likeness (QED) is 0.632. The molecule has 1 aromatic heterocycles. The first-order valence-corrected chi connectivity index (χ1v) is 6.00. The van der Waals surface area contributed by atoms with Gasteiger partial charge in [0.2, 0.25) is 0 Å². The van der Waals surface area contributed by atoms with Crippen molar-refractivity contribution in [1.29, 1.82) is 0 Å². The maximum atomic E-state index is 11.3. The average molecular weight is 256 g/mol. The Bertz CT molecular complexity index is 716. The van der Waals surface area contributed by atoms with E-state index in [1.54, 1.807) is 0 Å². The Labute approximate surface area is 109 Å². The predicted molar refractivity (Wildman–Crippen MR) is 73.7 cm³/mol. The Morgan fingerprint density at radius 2 is 1.61 bits per heavy atom. The van der Waals surface area contributed by atoms with Crippen molar-refractivity contribution in [2.45, 2.75) is 0 Å². The van der Waals surface area contributed by atoms with Crippen LogP contribution in [0.25, 0.3) is 16.6 Å². The highest BCUT2D eigenvalue weighted by Crippen LogP contribution is 2.32. The van der Waals surface area contributed by atoms with Crippen LogP contribution < -0.4 is 0 Å². The largest absolute Gasteiger partial charge is 0.305 e. The van der Waals surface area contributed by atoms with Gasteiger partial charge in [-0.05, 0) is 18.2 Å². The van der Waals surface area contributed by atoms with E-state index in [9.17, 15) is 4.79 Å². The fourth-order valence-electron chi connectivity index (χ4n) is 2.18. The molecular formula is C15H10ClNO. The smallest absolute Gasteiger partial charge is 0.168 e. The SMILES string of the molecule is O=Cc1c(Cl)c2ccccc2n1-c1ccccc1. The van der Waals surface area contributed by atoms with Crippen LogP contribution in [0, 0.1) is 0 Å². The van der Waals surface area contributed by atoms with Gasteiger partial charge in [0.15, 0.2) is 6.29 Å². The first-order valence-electron chi connectivity index (χ1n) is 5.62. The number of nitrogens with zero attached hydrogens (tertiary/aromatic N) is 1. The maximum absolute atomic E-state index is 11.3. The van der Waals surface area contributed by atoms with Gasteiger partial charge in [0.25, 0.3) is 0 Å². The average Bonchev–Trinajstić information content (AvgIpc) is 2.73. The molecular weight excluding hydrogens is 246 g/mol. The van der Waals surface area contributed by atoms with Crippen molar-refractivity contribution in [3.63, 3.8) is 0 Å². The third-order valence-electron chi connectivity index (χ3n) is 2.97. The van der Waals surface area contributed by atoms with Crippen molar-refractivity contribution in [3.8, 4) is 5.69 Å². The Hall–Kier alpha value is -2.06. The fourth-order valence-corrected chi connectivity index (χ4v) is 2.47. The molecule has 0 aliphatic carbocycles. The molecule has 0 saturated carbocycles. The van der Waals surface area contributed by atoms with Crippen LogP contribution in [0.1, 0.15) is 10.5 Å². The van der Waals surface area contributed by atoms with Gasteiger partial charge in [0, 0.05) is 11.1 Å². The molecule has 88 valence electrons. The first kappa shape index (κ1) is 11.1. The Morgan fingerprint density at radius 1 is 0.944 bits per heavy atom. The van der Waals surface area contributed by atoms with Crippen LogP contribution >= 0.6 is 11.6 Å². The molecule has 0 spiro atoms. The van der Waals surface area contributed by atoms with E-state index < -0.39 is 0 Å². The van der Waals surface area contributed by atoms with E-state index in [1.807, 2.05) is 59.2 Å². The van der Waals surface area contributed by atoms with E-state index in [2.05, 4.69) is 0 Å². The maximum Gasteiger partial charge on any atom is 0.168 e. The van der Waals surface area contributed by atoms with E-state index >= 15 is 0 Å². The summed E-state index contributed by atoms with van der Waals surface area (Å²) in [6.45, 7) is 0. The van der Waals surface area contributed by atoms with Crippen molar-refractivity contribution >= 4 is 28.8 Å². The monoisotopic (exact) mass is 255 g/mol. The molecule has 0 unspecified atom stereocenters. The highest BCUT2D eigenvalue weighted by molar-refractivity contribution is 6.38. The number of hydrogen-bond acceptors (Lipinski definition) is 1. The Morgan fingerprint density at radius 3 is 2.33 bits per heavy atom. The summed E-state index contributed by atoms with van der Waals surface area (Å²) in [5.74, 6) is 0. The van der Waals surface area contributed by atoms with Gasteiger partial charge >= 0.3 is 0 Å². The van der Waals surface area contributed by atoms with E-state index in [0.29, 0.717) is 10.7 Å². The molecule has 0 saturated heterocycles. The van der Waals surface area contributed by atoms with Crippen molar-refractivity contribution in [3.05, 3.63) is 65.3 Å². The molecule has 0 atom stereocenters. The molecule has 0 fully saturated rings. The summed E-state index contributed by atoms with van der Waals surface area (Å²) in [5, 5.41) is 1.40. The van der Waals surface area contributed by atoms with Gasteiger partial charge < -0.3 is 4.57 Å². The summed E-state index contributed by atoms with van der Waals surface area (Å²) in [5.41, 5.74) is 2.36. The zero-order chi connectivity index (χ0) is 12.5. The molecule has 0 aliphatic rings. The molecule has 0 bridgehead atoms. The number of fused-ring (bicyclic) bond motifs is 1. The molecule has 2 aromatic carbocycles. The molecule has 2 nitrogen and oxygen atoms in total. The van der Waals surface area contributed by atoms with Crippen LogP contribution in [0.2, 0.25) is 5.02 Å². The first-order chi connectivity index (χ1) is 8.83. The number of carbonyl (C=O) groups is 1. The highest BCUT2D eigenvalue weighted by Gasteiger charge is 2.15. The summed E-state index contributed by atoms with van der Waals surface area (Å²) in [7, 11) is 0. The number of rotatable bonds is 2. The summed E-state index contributed by atoms with van der Waals surface area (Å²) in [4.78, 5) is 11.3. The molecule has 0 radical (unpaired) electrons. The third kappa shape index (κ3) is 1.54. The summed E-state index contributed by atoms with van der Waals surface area (Å²) in [6.07, 6.45) is 0.801. The molecule has 1 heterocycles. The molecule has 18 heavy (non-hydrogen) atoms. The van der Waals surface area contributed by atoms with E-state index in [0.717, 1.165) is 22.9 Å². The predicted octanol–water partition coefficient (Wildman–Crippen LogP) is 4.10.